The first kappa shape index (κ1) is 16.1. The van der Waals surface area contributed by atoms with Crippen LogP contribution in [-0.2, 0) is 13.1 Å². The summed E-state index contributed by atoms with van der Waals surface area (Å²) in [5.74, 6) is -1.63. The van der Waals surface area contributed by atoms with Crippen LogP contribution in [-0.4, -0.2) is 11.4 Å². The molecule has 0 bridgehead atoms. The lowest BCUT2D eigenvalue weighted by Gasteiger charge is -2.22. The zero-order valence-electron chi connectivity index (χ0n) is 12.5. The number of nitrogens with zero attached hydrogens (tertiary/aromatic N) is 2. The molecule has 0 amide bonds. The molecule has 114 valence electrons. The van der Waals surface area contributed by atoms with Crippen LogP contribution in [0.2, 0.25) is 0 Å². The van der Waals surface area contributed by atoms with Crippen molar-refractivity contribution in [3.05, 3.63) is 70.8 Å². The van der Waals surface area contributed by atoms with E-state index >= 15 is 0 Å². The standard InChI is InChI=1S/C18H18F2N2/c1-2-9-22(12-15-5-3-14(11-21)4-6-15)13-16-7-8-17(19)18(20)10-16/h3-8,10H,2,9,12-13H2,1H3. The summed E-state index contributed by atoms with van der Waals surface area (Å²) in [5.41, 5.74) is 2.47. The third kappa shape index (κ3) is 4.37. The van der Waals surface area contributed by atoms with Crippen molar-refractivity contribution in [3.63, 3.8) is 0 Å². The average Bonchev–Trinajstić information content (AvgIpc) is 2.52. The van der Waals surface area contributed by atoms with Crippen LogP contribution in [0.3, 0.4) is 0 Å². The van der Waals surface area contributed by atoms with Crippen LogP contribution in [0, 0.1) is 23.0 Å². The van der Waals surface area contributed by atoms with E-state index in [-0.39, 0.29) is 0 Å². The molecule has 0 saturated carbocycles. The van der Waals surface area contributed by atoms with E-state index in [1.54, 1.807) is 18.2 Å². The molecule has 0 aliphatic heterocycles. The summed E-state index contributed by atoms with van der Waals surface area (Å²) >= 11 is 0. The zero-order chi connectivity index (χ0) is 15.9. The summed E-state index contributed by atoms with van der Waals surface area (Å²) < 4.78 is 26.3. The number of benzene rings is 2. The molecule has 22 heavy (non-hydrogen) atoms. The average molecular weight is 300 g/mol. The number of nitriles is 1. The Morgan fingerprint density at radius 2 is 1.59 bits per heavy atom. The van der Waals surface area contributed by atoms with E-state index in [0.29, 0.717) is 18.7 Å². The van der Waals surface area contributed by atoms with E-state index in [0.717, 1.165) is 30.2 Å². The minimum absolute atomic E-state index is 0.561. The largest absolute Gasteiger partial charge is 0.295 e. The van der Waals surface area contributed by atoms with Crippen LogP contribution in [0.1, 0.15) is 30.0 Å². The van der Waals surface area contributed by atoms with Gasteiger partial charge in [0.25, 0.3) is 0 Å². The first-order chi connectivity index (χ1) is 10.6. The van der Waals surface area contributed by atoms with Gasteiger partial charge in [-0.15, -0.1) is 0 Å². The molecule has 2 aromatic carbocycles. The number of halogens is 2. The van der Waals surface area contributed by atoms with E-state index in [2.05, 4.69) is 17.9 Å². The molecule has 0 aromatic heterocycles. The normalized spacial score (nSPS) is 10.7. The topological polar surface area (TPSA) is 27.0 Å². The van der Waals surface area contributed by atoms with Gasteiger partial charge in [-0.25, -0.2) is 8.78 Å². The van der Waals surface area contributed by atoms with E-state index in [9.17, 15) is 8.78 Å². The Morgan fingerprint density at radius 3 is 2.18 bits per heavy atom. The molecule has 2 rings (SSSR count). The van der Waals surface area contributed by atoms with Gasteiger partial charge in [-0.05, 0) is 48.4 Å². The molecule has 0 aliphatic carbocycles. The smallest absolute Gasteiger partial charge is 0.159 e. The van der Waals surface area contributed by atoms with Crippen molar-refractivity contribution in [1.29, 1.82) is 5.26 Å². The number of hydrogen-bond donors (Lipinski definition) is 0. The highest BCUT2D eigenvalue weighted by atomic mass is 19.2. The maximum absolute atomic E-state index is 13.3. The summed E-state index contributed by atoms with van der Waals surface area (Å²) in [7, 11) is 0. The fourth-order valence-electron chi connectivity index (χ4n) is 2.37. The summed E-state index contributed by atoms with van der Waals surface area (Å²) in [6.07, 6.45) is 0.972. The molecule has 2 aromatic rings. The summed E-state index contributed by atoms with van der Waals surface area (Å²) in [5, 5.41) is 8.81. The Balaban J connectivity index is 2.08. The molecule has 0 unspecified atom stereocenters. The van der Waals surface area contributed by atoms with Crippen LogP contribution < -0.4 is 0 Å². The molecule has 2 nitrogen and oxygen atoms in total. The Kier molecular flexibility index (Phi) is 5.62. The van der Waals surface area contributed by atoms with Gasteiger partial charge in [0.1, 0.15) is 0 Å². The Morgan fingerprint density at radius 1 is 0.955 bits per heavy atom. The molecule has 0 saturated heterocycles. The van der Waals surface area contributed by atoms with E-state index in [4.69, 9.17) is 5.26 Å². The minimum Gasteiger partial charge on any atom is -0.295 e. The van der Waals surface area contributed by atoms with Gasteiger partial charge >= 0.3 is 0 Å². The van der Waals surface area contributed by atoms with Crippen LogP contribution in [0.15, 0.2) is 42.5 Å². The molecule has 0 radical (unpaired) electrons. The van der Waals surface area contributed by atoms with E-state index in [1.165, 1.54) is 6.07 Å². The summed E-state index contributed by atoms with van der Waals surface area (Å²) in [6, 6.07) is 13.5. The van der Waals surface area contributed by atoms with Gasteiger partial charge in [0.05, 0.1) is 11.6 Å². The fourth-order valence-corrected chi connectivity index (χ4v) is 2.37. The Bertz CT molecular complexity index is 660. The lowest BCUT2D eigenvalue weighted by molar-refractivity contribution is 0.257. The molecule has 0 spiro atoms. The molecule has 0 N–H and O–H groups in total. The summed E-state index contributed by atoms with van der Waals surface area (Å²) in [6.45, 7) is 4.21. The van der Waals surface area contributed by atoms with Gasteiger partial charge < -0.3 is 0 Å². The van der Waals surface area contributed by atoms with Gasteiger partial charge in [0.15, 0.2) is 11.6 Å². The summed E-state index contributed by atoms with van der Waals surface area (Å²) in [4.78, 5) is 2.17. The van der Waals surface area contributed by atoms with Crippen molar-refractivity contribution in [3.8, 4) is 6.07 Å². The number of rotatable bonds is 6. The monoisotopic (exact) mass is 300 g/mol. The van der Waals surface area contributed by atoms with Crippen LogP contribution in [0.4, 0.5) is 8.78 Å². The third-order valence-corrected chi connectivity index (χ3v) is 3.42. The molecule has 0 atom stereocenters. The van der Waals surface area contributed by atoms with E-state index < -0.39 is 11.6 Å². The van der Waals surface area contributed by atoms with Crippen molar-refractivity contribution < 1.29 is 8.78 Å². The highest BCUT2D eigenvalue weighted by Gasteiger charge is 2.09. The highest BCUT2D eigenvalue weighted by Crippen LogP contribution is 2.14. The second kappa shape index (κ2) is 7.67. The molecule has 0 heterocycles. The lowest BCUT2D eigenvalue weighted by Crippen LogP contribution is -2.23. The molecule has 4 heteroatoms. The molecule has 0 aliphatic rings. The fraction of sp³-hybridized carbons (Fsp3) is 0.278. The van der Waals surface area contributed by atoms with Gasteiger partial charge in [-0.3, -0.25) is 4.90 Å². The van der Waals surface area contributed by atoms with Crippen molar-refractivity contribution in [2.75, 3.05) is 6.54 Å². The third-order valence-electron chi connectivity index (χ3n) is 3.42. The maximum Gasteiger partial charge on any atom is 0.159 e. The minimum atomic E-state index is -0.821. The SMILES string of the molecule is CCCN(Cc1ccc(C#N)cc1)Cc1ccc(F)c(F)c1. The van der Waals surface area contributed by atoms with Crippen molar-refractivity contribution in [2.45, 2.75) is 26.4 Å². The maximum atomic E-state index is 13.3. The Labute approximate surface area is 129 Å². The molecule has 0 fully saturated rings. The second-order valence-corrected chi connectivity index (χ2v) is 5.27. The second-order valence-electron chi connectivity index (χ2n) is 5.27. The van der Waals surface area contributed by atoms with Crippen LogP contribution in [0.5, 0.6) is 0 Å². The van der Waals surface area contributed by atoms with Gasteiger partial charge in [0.2, 0.25) is 0 Å². The highest BCUT2D eigenvalue weighted by molar-refractivity contribution is 5.31. The molecular weight excluding hydrogens is 282 g/mol. The van der Waals surface area contributed by atoms with Crippen LogP contribution >= 0.6 is 0 Å². The quantitative estimate of drug-likeness (QED) is 0.797. The van der Waals surface area contributed by atoms with Crippen molar-refractivity contribution in [1.82, 2.24) is 4.90 Å². The van der Waals surface area contributed by atoms with Crippen molar-refractivity contribution >= 4 is 0 Å². The zero-order valence-corrected chi connectivity index (χ0v) is 12.5. The van der Waals surface area contributed by atoms with Crippen LogP contribution in [0.25, 0.3) is 0 Å². The molecular formula is C18H18F2N2. The van der Waals surface area contributed by atoms with Gasteiger partial charge in [-0.2, -0.15) is 5.26 Å². The predicted octanol–water partition coefficient (Wildman–Crippen LogP) is 4.25. The van der Waals surface area contributed by atoms with Crippen molar-refractivity contribution in [2.24, 2.45) is 0 Å². The lowest BCUT2D eigenvalue weighted by atomic mass is 10.1. The van der Waals surface area contributed by atoms with Gasteiger partial charge in [-0.1, -0.05) is 25.1 Å². The number of hydrogen-bond acceptors (Lipinski definition) is 2. The van der Waals surface area contributed by atoms with Gasteiger partial charge in [0, 0.05) is 13.1 Å². The first-order valence-corrected chi connectivity index (χ1v) is 7.27. The van der Waals surface area contributed by atoms with E-state index in [1.807, 2.05) is 12.1 Å². The Hall–Kier alpha value is -2.25. The predicted molar refractivity (Wildman–Crippen MR) is 81.9 cm³/mol. The first-order valence-electron chi connectivity index (χ1n) is 7.27.